The molecule has 1 N–H and O–H groups in total. The molecule has 4 nitrogen and oxygen atoms in total. The molecule has 0 unspecified atom stereocenters. The summed E-state index contributed by atoms with van der Waals surface area (Å²) in [6.45, 7) is 0. The topological polar surface area (TPSA) is 74.0 Å². The van der Waals surface area contributed by atoms with Crippen LogP contribution in [0.2, 0.25) is 0 Å². The van der Waals surface area contributed by atoms with E-state index >= 15 is 0 Å². The number of hydrogen-bond acceptors (Lipinski definition) is 3. The molecule has 1 aromatic heterocycles. The minimum absolute atomic E-state index is 0.458. The summed E-state index contributed by atoms with van der Waals surface area (Å²) >= 11 is 0. The van der Waals surface area contributed by atoms with E-state index in [1.807, 2.05) is 6.07 Å². The van der Waals surface area contributed by atoms with E-state index in [1.165, 1.54) is 18.3 Å². The smallest absolute Gasteiger partial charge is 0.328 e. The molecule has 0 aliphatic carbocycles. The summed E-state index contributed by atoms with van der Waals surface area (Å²) in [6.07, 6.45) is 3.77. The fourth-order valence-electron chi connectivity index (χ4n) is 0.766. The molecule has 0 radical (unpaired) electrons. The number of rotatable bonds is 2. The van der Waals surface area contributed by atoms with E-state index in [0.29, 0.717) is 11.3 Å². The van der Waals surface area contributed by atoms with Crippen molar-refractivity contribution in [3.05, 3.63) is 35.7 Å². The number of carbonyl (C=O) groups is 1. The Morgan fingerprint density at radius 3 is 3.08 bits per heavy atom. The molecular formula is C9H6N2O2. The lowest BCUT2D eigenvalue weighted by molar-refractivity contribution is -0.131. The maximum atomic E-state index is 10.1. The van der Waals surface area contributed by atoms with Gasteiger partial charge < -0.3 is 5.11 Å². The number of aliphatic carboxylic acids is 1. The van der Waals surface area contributed by atoms with Crippen LogP contribution in [0.3, 0.4) is 0 Å². The van der Waals surface area contributed by atoms with Crippen LogP contribution in [0.5, 0.6) is 0 Å². The van der Waals surface area contributed by atoms with Crippen LogP contribution in [0.4, 0.5) is 0 Å². The number of carboxylic acids is 1. The van der Waals surface area contributed by atoms with Gasteiger partial charge in [-0.25, -0.2) is 4.79 Å². The summed E-state index contributed by atoms with van der Waals surface area (Å²) in [7, 11) is 0. The average Bonchev–Trinajstić information content (AvgIpc) is 2.15. The zero-order valence-corrected chi connectivity index (χ0v) is 6.64. The van der Waals surface area contributed by atoms with Crippen LogP contribution in [0.1, 0.15) is 11.3 Å². The van der Waals surface area contributed by atoms with Crippen LogP contribution in [0, 0.1) is 11.3 Å². The minimum Gasteiger partial charge on any atom is -0.478 e. The molecule has 0 atom stereocenters. The van der Waals surface area contributed by atoms with Crippen LogP contribution in [0.25, 0.3) is 6.08 Å². The Morgan fingerprint density at radius 1 is 1.69 bits per heavy atom. The van der Waals surface area contributed by atoms with Gasteiger partial charge in [-0.05, 0) is 18.2 Å². The second kappa shape index (κ2) is 4.02. The molecule has 64 valence electrons. The normalized spacial score (nSPS) is 9.77. The van der Waals surface area contributed by atoms with Gasteiger partial charge in [-0.3, -0.25) is 4.98 Å². The zero-order valence-electron chi connectivity index (χ0n) is 6.64. The molecular weight excluding hydrogens is 168 g/mol. The highest BCUT2D eigenvalue weighted by molar-refractivity contribution is 5.84. The van der Waals surface area contributed by atoms with Crippen molar-refractivity contribution in [3.63, 3.8) is 0 Å². The van der Waals surface area contributed by atoms with Gasteiger partial charge in [0.1, 0.15) is 0 Å². The van der Waals surface area contributed by atoms with Crippen molar-refractivity contribution in [3.8, 4) is 6.07 Å². The van der Waals surface area contributed by atoms with Gasteiger partial charge in [-0.1, -0.05) is 0 Å². The maximum absolute atomic E-state index is 10.1. The third-order valence-corrected chi connectivity index (χ3v) is 1.31. The van der Waals surface area contributed by atoms with E-state index in [4.69, 9.17) is 10.4 Å². The molecule has 0 saturated heterocycles. The van der Waals surface area contributed by atoms with Gasteiger partial charge in [0.05, 0.1) is 17.3 Å². The standard InChI is InChI=1S/C9H6N2O2/c10-6-7-3-4-11-8(5-7)1-2-9(12)13/h1-5H,(H,12,13). The number of pyridine rings is 1. The van der Waals surface area contributed by atoms with Gasteiger partial charge in [-0.2, -0.15) is 5.26 Å². The van der Waals surface area contributed by atoms with E-state index in [1.54, 1.807) is 6.07 Å². The monoisotopic (exact) mass is 174 g/mol. The Hall–Kier alpha value is -2.15. The van der Waals surface area contributed by atoms with Gasteiger partial charge >= 0.3 is 5.97 Å². The van der Waals surface area contributed by atoms with Crippen molar-refractivity contribution >= 4 is 12.0 Å². The van der Waals surface area contributed by atoms with Crippen LogP contribution >= 0.6 is 0 Å². The van der Waals surface area contributed by atoms with Gasteiger partial charge in [0.25, 0.3) is 0 Å². The fraction of sp³-hybridized carbons (Fsp3) is 0. The van der Waals surface area contributed by atoms with Crippen LogP contribution in [-0.2, 0) is 4.79 Å². The molecule has 0 spiro atoms. The lowest BCUT2D eigenvalue weighted by Crippen LogP contribution is -1.87. The van der Waals surface area contributed by atoms with Crippen LogP contribution in [-0.4, -0.2) is 16.1 Å². The van der Waals surface area contributed by atoms with Gasteiger partial charge in [-0.15, -0.1) is 0 Å². The molecule has 1 rings (SSSR count). The van der Waals surface area contributed by atoms with Crippen molar-refractivity contribution in [1.29, 1.82) is 5.26 Å². The van der Waals surface area contributed by atoms with Gasteiger partial charge in [0.2, 0.25) is 0 Å². The second-order valence-corrected chi connectivity index (χ2v) is 2.25. The van der Waals surface area contributed by atoms with E-state index in [9.17, 15) is 4.79 Å². The first-order valence-electron chi connectivity index (χ1n) is 3.49. The Balaban J connectivity index is 2.91. The van der Waals surface area contributed by atoms with E-state index in [0.717, 1.165) is 6.08 Å². The van der Waals surface area contributed by atoms with Crippen molar-refractivity contribution in [1.82, 2.24) is 4.98 Å². The summed E-state index contributed by atoms with van der Waals surface area (Å²) in [5, 5.41) is 16.8. The molecule has 0 aliphatic heterocycles. The molecule has 4 heteroatoms. The first-order chi connectivity index (χ1) is 6.22. The summed E-state index contributed by atoms with van der Waals surface area (Å²) in [5.74, 6) is -1.04. The lowest BCUT2D eigenvalue weighted by Gasteiger charge is -1.91. The summed E-state index contributed by atoms with van der Waals surface area (Å²) < 4.78 is 0. The lowest BCUT2D eigenvalue weighted by atomic mass is 10.2. The Labute approximate surface area is 74.8 Å². The maximum Gasteiger partial charge on any atom is 0.328 e. The van der Waals surface area contributed by atoms with Crippen LogP contribution < -0.4 is 0 Å². The number of nitrogens with zero attached hydrogens (tertiary/aromatic N) is 2. The van der Waals surface area contributed by atoms with Crippen molar-refractivity contribution in [2.45, 2.75) is 0 Å². The van der Waals surface area contributed by atoms with Crippen molar-refractivity contribution < 1.29 is 9.90 Å². The van der Waals surface area contributed by atoms with E-state index < -0.39 is 5.97 Å². The molecule has 1 heterocycles. The predicted octanol–water partition coefficient (Wildman–Crippen LogP) is 1.05. The zero-order chi connectivity index (χ0) is 9.68. The first kappa shape index (κ1) is 8.94. The molecule has 0 bridgehead atoms. The molecule has 13 heavy (non-hydrogen) atoms. The Bertz CT molecular complexity index is 391. The molecule has 0 fully saturated rings. The number of carboxylic acid groups (broad SMARTS) is 1. The van der Waals surface area contributed by atoms with Crippen molar-refractivity contribution in [2.75, 3.05) is 0 Å². The summed E-state index contributed by atoms with van der Waals surface area (Å²) in [4.78, 5) is 14.0. The van der Waals surface area contributed by atoms with E-state index in [2.05, 4.69) is 4.98 Å². The predicted molar refractivity (Wildman–Crippen MR) is 45.6 cm³/mol. The Kier molecular flexibility index (Phi) is 2.77. The third kappa shape index (κ3) is 2.75. The molecule has 0 aromatic carbocycles. The number of aromatic nitrogens is 1. The molecule has 0 aliphatic rings. The molecule has 1 aromatic rings. The quantitative estimate of drug-likeness (QED) is 0.680. The Morgan fingerprint density at radius 2 is 2.46 bits per heavy atom. The summed E-state index contributed by atoms with van der Waals surface area (Å²) in [6, 6.07) is 5.00. The van der Waals surface area contributed by atoms with Gasteiger partial charge in [0, 0.05) is 12.3 Å². The SMILES string of the molecule is N#Cc1ccnc(C=CC(=O)O)c1. The first-order valence-corrected chi connectivity index (χ1v) is 3.49. The van der Waals surface area contributed by atoms with E-state index in [-0.39, 0.29) is 0 Å². The third-order valence-electron chi connectivity index (χ3n) is 1.31. The average molecular weight is 174 g/mol. The van der Waals surface area contributed by atoms with Crippen molar-refractivity contribution in [2.24, 2.45) is 0 Å². The fourth-order valence-corrected chi connectivity index (χ4v) is 0.766. The number of hydrogen-bond donors (Lipinski definition) is 1. The highest BCUT2D eigenvalue weighted by Crippen LogP contribution is 2.01. The largest absolute Gasteiger partial charge is 0.478 e. The second-order valence-electron chi connectivity index (χ2n) is 2.25. The summed E-state index contributed by atoms with van der Waals surface area (Å²) in [5.41, 5.74) is 0.918. The highest BCUT2D eigenvalue weighted by atomic mass is 16.4. The minimum atomic E-state index is -1.04. The molecule has 0 amide bonds. The van der Waals surface area contributed by atoms with Crippen LogP contribution in [0.15, 0.2) is 24.4 Å². The van der Waals surface area contributed by atoms with Gasteiger partial charge in [0.15, 0.2) is 0 Å². The highest BCUT2D eigenvalue weighted by Gasteiger charge is 1.93. The molecule has 0 saturated carbocycles. The number of nitriles is 1.